The summed E-state index contributed by atoms with van der Waals surface area (Å²) in [6.45, 7) is 1.41. The molecule has 0 atom stereocenters. The zero-order valence-corrected chi connectivity index (χ0v) is 10.0. The van der Waals surface area contributed by atoms with Crippen LogP contribution in [0.5, 0.6) is 11.5 Å². The number of carbonyl (C=O) groups is 2. The number of ketones is 1. The van der Waals surface area contributed by atoms with E-state index >= 15 is 0 Å². The van der Waals surface area contributed by atoms with Crippen molar-refractivity contribution in [1.29, 1.82) is 0 Å². The Hall–Kier alpha value is -2.76. The fraction of sp³-hybridized carbons (Fsp3) is 0.0769. The average Bonchev–Trinajstić information content (AvgIpc) is 2.39. The molecule has 2 rings (SSSR count). The third-order valence-corrected chi connectivity index (χ3v) is 2.30. The fourth-order valence-electron chi connectivity index (χ4n) is 1.41. The van der Waals surface area contributed by atoms with E-state index in [0.717, 1.165) is 0 Å². The van der Waals surface area contributed by atoms with E-state index in [-0.39, 0.29) is 17.2 Å². The van der Waals surface area contributed by atoms with Gasteiger partial charge in [-0.1, -0.05) is 0 Å². The quantitative estimate of drug-likeness (QED) is 0.845. The van der Waals surface area contributed by atoms with Crippen molar-refractivity contribution in [2.24, 2.45) is 0 Å². The lowest BCUT2D eigenvalue weighted by Crippen LogP contribution is -2.03. The van der Waals surface area contributed by atoms with Crippen molar-refractivity contribution in [2.45, 2.75) is 6.92 Å². The summed E-state index contributed by atoms with van der Waals surface area (Å²) >= 11 is 0. The molecule has 6 nitrogen and oxygen atoms in total. The van der Waals surface area contributed by atoms with Gasteiger partial charge in [-0.2, -0.15) is 0 Å². The van der Waals surface area contributed by atoms with Gasteiger partial charge in [-0.15, -0.1) is 0 Å². The number of carboxylic acids is 1. The maximum Gasteiger partial charge on any atom is 0.358 e. The molecule has 0 bridgehead atoms. The number of aromatic nitrogens is 2. The Kier molecular flexibility index (Phi) is 3.51. The number of aromatic carboxylic acids is 1. The van der Waals surface area contributed by atoms with Crippen LogP contribution in [0.4, 0.5) is 0 Å². The molecule has 19 heavy (non-hydrogen) atoms. The van der Waals surface area contributed by atoms with E-state index in [4.69, 9.17) is 9.84 Å². The van der Waals surface area contributed by atoms with Gasteiger partial charge in [0.2, 0.25) is 0 Å². The second kappa shape index (κ2) is 5.26. The fourth-order valence-corrected chi connectivity index (χ4v) is 1.41. The first kappa shape index (κ1) is 12.7. The Labute approximate surface area is 108 Å². The highest BCUT2D eigenvalue weighted by Gasteiger charge is 2.13. The number of nitrogens with zero attached hydrogens (tertiary/aromatic N) is 2. The third-order valence-electron chi connectivity index (χ3n) is 2.30. The van der Waals surface area contributed by atoms with Crippen LogP contribution in [0.1, 0.15) is 27.9 Å². The average molecular weight is 258 g/mol. The molecule has 0 aliphatic rings. The molecule has 0 radical (unpaired) electrons. The molecule has 2 aromatic heterocycles. The normalized spacial score (nSPS) is 9.95. The smallest absolute Gasteiger partial charge is 0.358 e. The van der Waals surface area contributed by atoms with E-state index in [0.29, 0.717) is 11.4 Å². The second-order valence-corrected chi connectivity index (χ2v) is 3.69. The van der Waals surface area contributed by atoms with Crippen molar-refractivity contribution in [3.8, 4) is 11.5 Å². The number of hydrogen-bond acceptors (Lipinski definition) is 5. The van der Waals surface area contributed by atoms with Crippen LogP contribution in [0.25, 0.3) is 0 Å². The summed E-state index contributed by atoms with van der Waals surface area (Å²) < 4.78 is 5.39. The van der Waals surface area contributed by atoms with Gasteiger partial charge < -0.3 is 9.84 Å². The molecule has 0 aliphatic heterocycles. The number of ether oxygens (including phenoxy) is 1. The van der Waals surface area contributed by atoms with Gasteiger partial charge in [0.25, 0.3) is 0 Å². The highest BCUT2D eigenvalue weighted by molar-refractivity contribution is 5.92. The van der Waals surface area contributed by atoms with E-state index in [1.807, 2.05) is 0 Å². The lowest BCUT2D eigenvalue weighted by atomic mass is 10.3. The number of pyridine rings is 2. The number of carboxylic acid groups (broad SMARTS) is 1. The zero-order chi connectivity index (χ0) is 13.8. The van der Waals surface area contributed by atoms with Crippen LogP contribution in [0.3, 0.4) is 0 Å². The maximum absolute atomic E-state index is 11.1. The Morgan fingerprint density at radius 2 is 2.00 bits per heavy atom. The summed E-state index contributed by atoms with van der Waals surface area (Å²) in [5, 5.41) is 8.96. The van der Waals surface area contributed by atoms with Crippen molar-refractivity contribution in [3.05, 3.63) is 48.0 Å². The molecule has 0 unspecified atom stereocenters. The van der Waals surface area contributed by atoms with E-state index in [2.05, 4.69) is 9.97 Å². The molecule has 96 valence electrons. The number of Topliss-reactive ketones (excluding diaryl/α,β-unsaturated/α-hetero) is 1. The summed E-state index contributed by atoms with van der Waals surface area (Å²) in [6.07, 6.45) is 2.72. The van der Waals surface area contributed by atoms with E-state index in [9.17, 15) is 9.59 Å². The summed E-state index contributed by atoms with van der Waals surface area (Å²) in [6, 6.07) is 6.12. The number of carbonyl (C=O) groups excluding carboxylic acids is 1. The first-order valence-corrected chi connectivity index (χ1v) is 5.41. The van der Waals surface area contributed by atoms with Crippen molar-refractivity contribution in [1.82, 2.24) is 9.97 Å². The molecular formula is C13H10N2O4. The van der Waals surface area contributed by atoms with Crippen molar-refractivity contribution >= 4 is 11.8 Å². The molecule has 0 aromatic carbocycles. The molecule has 0 fully saturated rings. The van der Waals surface area contributed by atoms with Crippen LogP contribution in [-0.2, 0) is 0 Å². The zero-order valence-electron chi connectivity index (χ0n) is 10.0. The Morgan fingerprint density at radius 3 is 2.58 bits per heavy atom. The number of rotatable bonds is 4. The summed E-state index contributed by atoms with van der Waals surface area (Å²) in [5.41, 5.74) is 0.134. The lowest BCUT2D eigenvalue weighted by Gasteiger charge is -2.07. The van der Waals surface area contributed by atoms with Crippen LogP contribution in [0.15, 0.2) is 36.7 Å². The molecule has 1 N–H and O–H groups in total. The standard InChI is InChI=1S/C13H10N2O4/c1-8(16)10-5-4-9(7-15-10)19-11-3-2-6-14-12(11)13(17)18/h2-7H,1H3,(H,17,18). The predicted molar refractivity (Wildman–Crippen MR) is 65.5 cm³/mol. The van der Waals surface area contributed by atoms with Crippen molar-refractivity contribution in [2.75, 3.05) is 0 Å². The summed E-state index contributed by atoms with van der Waals surface area (Å²) in [4.78, 5) is 29.6. The van der Waals surface area contributed by atoms with Gasteiger partial charge in [-0.25, -0.2) is 14.8 Å². The van der Waals surface area contributed by atoms with Crippen molar-refractivity contribution < 1.29 is 19.4 Å². The third kappa shape index (κ3) is 2.92. The minimum absolute atomic E-state index is 0.118. The van der Waals surface area contributed by atoms with Gasteiger partial charge in [0.05, 0.1) is 6.20 Å². The number of hydrogen-bond donors (Lipinski definition) is 1. The largest absolute Gasteiger partial charge is 0.476 e. The first-order valence-electron chi connectivity index (χ1n) is 5.41. The van der Waals surface area contributed by atoms with Crippen LogP contribution in [-0.4, -0.2) is 26.8 Å². The molecule has 2 aromatic rings. The lowest BCUT2D eigenvalue weighted by molar-refractivity contribution is 0.0687. The predicted octanol–water partition coefficient (Wildman–Crippen LogP) is 2.17. The Balaban J connectivity index is 2.26. The molecule has 0 amide bonds. The summed E-state index contributed by atoms with van der Waals surface area (Å²) in [5.74, 6) is -0.879. The molecule has 2 heterocycles. The van der Waals surface area contributed by atoms with Gasteiger partial charge in [0.15, 0.2) is 17.2 Å². The van der Waals surface area contributed by atoms with E-state index in [1.165, 1.54) is 31.5 Å². The minimum Gasteiger partial charge on any atom is -0.476 e. The maximum atomic E-state index is 11.1. The Morgan fingerprint density at radius 1 is 1.21 bits per heavy atom. The van der Waals surface area contributed by atoms with Crippen LogP contribution >= 0.6 is 0 Å². The van der Waals surface area contributed by atoms with E-state index in [1.54, 1.807) is 12.1 Å². The van der Waals surface area contributed by atoms with Gasteiger partial charge in [-0.3, -0.25) is 4.79 Å². The van der Waals surface area contributed by atoms with Crippen LogP contribution in [0.2, 0.25) is 0 Å². The minimum atomic E-state index is -1.18. The molecular weight excluding hydrogens is 248 g/mol. The molecule has 6 heteroatoms. The molecule has 0 saturated heterocycles. The molecule has 0 saturated carbocycles. The second-order valence-electron chi connectivity index (χ2n) is 3.69. The van der Waals surface area contributed by atoms with Crippen LogP contribution < -0.4 is 4.74 Å². The van der Waals surface area contributed by atoms with Crippen molar-refractivity contribution in [3.63, 3.8) is 0 Å². The molecule has 0 spiro atoms. The van der Waals surface area contributed by atoms with Gasteiger partial charge in [0, 0.05) is 13.1 Å². The topological polar surface area (TPSA) is 89.4 Å². The monoisotopic (exact) mass is 258 g/mol. The molecule has 0 aliphatic carbocycles. The first-order chi connectivity index (χ1) is 9.08. The SMILES string of the molecule is CC(=O)c1ccc(Oc2cccnc2C(=O)O)cn1. The van der Waals surface area contributed by atoms with Gasteiger partial charge in [-0.05, 0) is 24.3 Å². The Bertz CT molecular complexity index is 623. The van der Waals surface area contributed by atoms with Gasteiger partial charge >= 0.3 is 5.97 Å². The van der Waals surface area contributed by atoms with Crippen LogP contribution in [0, 0.1) is 0 Å². The summed E-state index contributed by atoms with van der Waals surface area (Å²) in [7, 11) is 0. The van der Waals surface area contributed by atoms with Gasteiger partial charge in [0.1, 0.15) is 11.4 Å². The highest BCUT2D eigenvalue weighted by atomic mass is 16.5. The van der Waals surface area contributed by atoms with E-state index < -0.39 is 5.97 Å². The highest BCUT2D eigenvalue weighted by Crippen LogP contribution is 2.23.